The van der Waals surface area contributed by atoms with Gasteiger partial charge in [-0.05, 0) is 35.2 Å². The van der Waals surface area contributed by atoms with Gasteiger partial charge in [0.15, 0.2) is 0 Å². The zero-order valence-electron chi connectivity index (χ0n) is 9.77. The minimum absolute atomic E-state index is 0.0794. The summed E-state index contributed by atoms with van der Waals surface area (Å²) in [5, 5.41) is 4.08. The Balaban J connectivity index is 2.42. The third kappa shape index (κ3) is 1.77. The van der Waals surface area contributed by atoms with E-state index in [-0.39, 0.29) is 5.56 Å². The van der Waals surface area contributed by atoms with Gasteiger partial charge in [-0.1, -0.05) is 6.92 Å². The normalized spacial score (nSPS) is 25.1. The van der Waals surface area contributed by atoms with E-state index in [1.54, 1.807) is 13.2 Å². The molecule has 2 atom stereocenters. The first-order valence-electron chi connectivity index (χ1n) is 5.51. The first-order valence-corrected chi connectivity index (χ1v) is 6.30. The average molecular weight is 286 g/mol. The molecule has 2 rings (SSSR count). The summed E-state index contributed by atoms with van der Waals surface area (Å²) in [5.41, 5.74) is 0.837. The second-order valence-corrected chi connectivity index (χ2v) is 5.27. The molecular formula is C11H16BrN3O. The fourth-order valence-electron chi connectivity index (χ4n) is 2.14. The molecule has 0 N–H and O–H groups in total. The van der Waals surface area contributed by atoms with E-state index in [0.29, 0.717) is 16.4 Å². The lowest BCUT2D eigenvalue weighted by Gasteiger charge is -2.26. The Labute approximate surface area is 103 Å². The third-order valence-corrected chi connectivity index (χ3v) is 4.26. The van der Waals surface area contributed by atoms with Gasteiger partial charge < -0.3 is 4.90 Å². The second kappa shape index (κ2) is 4.20. The quantitative estimate of drug-likeness (QED) is 0.790. The number of halogens is 1. The van der Waals surface area contributed by atoms with E-state index in [1.807, 2.05) is 0 Å². The molecule has 0 saturated carbocycles. The van der Waals surface area contributed by atoms with Crippen molar-refractivity contribution in [1.29, 1.82) is 0 Å². The summed E-state index contributed by atoms with van der Waals surface area (Å²) in [6.07, 6.45) is 2.93. The lowest BCUT2D eigenvalue weighted by Crippen LogP contribution is -2.32. The molecule has 0 aliphatic carbocycles. The van der Waals surface area contributed by atoms with Gasteiger partial charge in [0.05, 0.1) is 11.9 Å². The maximum atomic E-state index is 11.8. The molecule has 1 saturated heterocycles. The first kappa shape index (κ1) is 11.6. The molecule has 0 amide bonds. The van der Waals surface area contributed by atoms with Gasteiger partial charge in [0.1, 0.15) is 4.47 Å². The second-order valence-electron chi connectivity index (χ2n) is 4.47. The smallest absolute Gasteiger partial charge is 0.282 e. The summed E-state index contributed by atoms with van der Waals surface area (Å²) in [6.45, 7) is 5.43. The Morgan fingerprint density at radius 3 is 2.75 bits per heavy atom. The van der Waals surface area contributed by atoms with Crippen molar-refractivity contribution in [3.8, 4) is 0 Å². The SMILES string of the molecule is CC1CCN(c2cnn(C)c(=O)c2Br)C1C. The molecule has 1 aromatic rings. The summed E-state index contributed by atoms with van der Waals surface area (Å²) in [7, 11) is 1.66. The summed E-state index contributed by atoms with van der Waals surface area (Å²) >= 11 is 3.37. The Morgan fingerprint density at radius 2 is 2.19 bits per heavy atom. The minimum atomic E-state index is -0.0794. The highest BCUT2D eigenvalue weighted by Gasteiger charge is 2.29. The topological polar surface area (TPSA) is 38.1 Å². The fraction of sp³-hybridized carbons (Fsp3) is 0.636. The van der Waals surface area contributed by atoms with Crippen LogP contribution in [0.25, 0.3) is 0 Å². The van der Waals surface area contributed by atoms with E-state index in [4.69, 9.17) is 0 Å². The van der Waals surface area contributed by atoms with Crippen LogP contribution in [-0.4, -0.2) is 22.4 Å². The third-order valence-electron chi connectivity index (χ3n) is 3.51. The summed E-state index contributed by atoms with van der Waals surface area (Å²) < 4.78 is 1.96. The van der Waals surface area contributed by atoms with Crippen LogP contribution in [0.4, 0.5) is 5.69 Å². The van der Waals surface area contributed by atoms with E-state index in [9.17, 15) is 4.79 Å². The van der Waals surface area contributed by atoms with Crippen molar-refractivity contribution in [2.45, 2.75) is 26.3 Å². The Kier molecular flexibility index (Phi) is 3.06. The first-order chi connectivity index (χ1) is 7.52. The minimum Gasteiger partial charge on any atom is -0.366 e. The summed E-state index contributed by atoms with van der Waals surface area (Å²) in [4.78, 5) is 14.0. The highest BCUT2D eigenvalue weighted by atomic mass is 79.9. The fourth-order valence-corrected chi connectivity index (χ4v) is 2.72. The van der Waals surface area contributed by atoms with Crippen LogP contribution in [0.2, 0.25) is 0 Å². The van der Waals surface area contributed by atoms with E-state index in [2.05, 4.69) is 39.8 Å². The van der Waals surface area contributed by atoms with Gasteiger partial charge >= 0.3 is 0 Å². The molecule has 1 aliphatic rings. The molecular weight excluding hydrogens is 270 g/mol. The highest BCUT2D eigenvalue weighted by Crippen LogP contribution is 2.31. The van der Waals surface area contributed by atoms with Gasteiger partial charge in [-0.2, -0.15) is 5.10 Å². The molecule has 2 unspecified atom stereocenters. The van der Waals surface area contributed by atoms with Gasteiger partial charge in [0.25, 0.3) is 5.56 Å². The number of hydrogen-bond donors (Lipinski definition) is 0. The van der Waals surface area contributed by atoms with Crippen LogP contribution in [0.3, 0.4) is 0 Å². The number of nitrogens with zero attached hydrogens (tertiary/aromatic N) is 3. The maximum Gasteiger partial charge on any atom is 0.282 e. The molecule has 1 aliphatic heterocycles. The van der Waals surface area contributed by atoms with Gasteiger partial charge in [-0.15, -0.1) is 0 Å². The Hall–Kier alpha value is -0.840. The van der Waals surface area contributed by atoms with Crippen LogP contribution in [-0.2, 0) is 7.05 Å². The largest absolute Gasteiger partial charge is 0.366 e. The lowest BCUT2D eigenvalue weighted by atomic mass is 10.1. The number of aromatic nitrogens is 2. The highest BCUT2D eigenvalue weighted by molar-refractivity contribution is 9.10. The van der Waals surface area contributed by atoms with Crippen molar-refractivity contribution in [1.82, 2.24) is 9.78 Å². The van der Waals surface area contributed by atoms with Crippen molar-refractivity contribution >= 4 is 21.6 Å². The van der Waals surface area contributed by atoms with E-state index < -0.39 is 0 Å². The van der Waals surface area contributed by atoms with Gasteiger partial charge in [-0.3, -0.25) is 4.79 Å². The molecule has 0 spiro atoms. The van der Waals surface area contributed by atoms with Crippen LogP contribution in [0, 0.1) is 5.92 Å². The summed E-state index contributed by atoms with van der Waals surface area (Å²) in [6, 6.07) is 0.463. The van der Waals surface area contributed by atoms with E-state index in [0.717, 1.165) is 12.2 Å². The van der Waals surface area contributed by atoms with Crippen molar-refractivity contribution in [3.05, 3.63) is 21.0 Å². The molecule has 16 heavy (non-hydrogen) atoms. The molecule has 0 bridgehead atoms. The monoisotopic (exact) mass is 285 g/mol. The zero-order chi connectivity index (χ0) is 11.9. The van der Waals surface area contributed by atoms with Crippen LogP contribution < -0.4 is 10.5 Å². The number of hydrogen-bond acceptors (Lipinski definition) is 3. The van der Waals surface area contributed by atoms with Gasteiger partial charge in [-0.25, -0.2) is 4.68 Å². The predicted molar refractivity (Wildman–Crippen MR) is 67.8 cm³/mol. The molecule has 0 aromatic carbocycles. The van der Waals surface area contributed by atoms with Gasteiger partial charge in [0.2, 0.25) is 0 Å². The number of anilines is 1. The molecule has 4 nitrogen and oxygen atoms in total. The average Bonchev–Trinajstić information content (AvgIpc) is 2.58. The molecule has 88 valence electrons. The van der Waals surface area contributed by atoms with Crippen molar-refractivity contribution in [2.24, 2.45) is 13.0 Å². The van der Waals surface area contributed by atoms with Crippen molar-refractivity contribution < 1.29 is 0 Å². The number of rotatable bonds is 1. The molecule has 2 heterocycles. The van der Waals surface area contributed by atoms with Crippen molar-refractivity contribution in [3.63, 3.8) is 0 Å². The van der Waals surface area contributed by atoms with Crippen LogP contribution in [0.15, 0.2) is 15.5 Å². The molecule has 5 heteroatoms. The molecule has 0 radical (unpaired) electrons. The van der Waals surface area contributed by atoms with Crippen LogP contribution in [0.1, 0.15) is 20.3 Å². The Morgan fingerprint density at radius 1 is 1.50 bits per heavy atom. The van der Waals surface area contributed by atoms with Crippen LogP contribution >= 0.6 is 15.9 Å². The van der Waals surface area contributed by atoms with Gasteiger partial charge in [0, 0.05) is 19.6 Å². The maximum absolute atomic E-state index is 11.8. The standard InChI is InChI=1S/C11H16BrN3O/c1-7-4-5-15(8(7)2)9-6-13-14(3)11(16)10(9)12/h6-8H,4-5H2,1-3H3. The number of aryl methyl sites for hydroxylation is 1. The predicted octanol–water partition coefficient (Wildman–Crippen LogP) is 1.78. The van der Waals surface area contributed by atoms with Crippen LogP contribution in [0.5, 0.6) is 0 Å². The van der Waals surface area contributed by atoms with E-state index in [1.165, 1.54) is 11.1 Å². The van der Waals surface area contributed by atoms with Crippen molar-refractivity contribution in [2.75, 3.05) is 11.4 Å². The summed E-state index contributed by atoms with van der Waals surface area (Å²) in [5.74, 6) is 0.663. The van der Waals surface area contributed by atoms with E-state index >= 15 is 0 Å². The molecule has 1 fully saturated rings. The zero-order valence-corrected chi connectivity index (χ0v) is 11.4. The molecule has 1 aromatic heterocycles. The Bertz CT molecular complexity index is 457. The lowest BCUT2D eigenvalue weighted by molar-refractivity contribution is 0.544.